The lowest BCUT2D eigenvalue weighted by molar-refractivity contribution is 0.121. The molecule has 1 aliphatic heterocycles. The van der Waals surface area contributed by atoms with Crippen molar-refractivity contribution in [2.75, 3.05) is 13.2 Å². The van der Waals surface area contributed by atoms with Gasteiger partial charge in [0, 0.05) is 0 Å². The highest BCUT2D eigenvalue weighted by Crippen LogP contribution is 2.18. The molecule has 20 heavy (non-hydrogen) atoms. The van der Waals surface area contributed by atoms with Crippen molar-refractivity contribution in [3.63, 3.8) is 0 Å². The van der Waals surface area contributed by atoms with Crippen molar-refractivity contribution in [3.8, 4) is 5.75 Å². The summed E-state index contributed by atoms with van der Waals surface area (Å²) in [6, 6.07) is 6.19. The van der Waals surface area contributed by atoms with Gasteiger partial charge in [-0.05, 0) is 56.7 Å². The lowest BCUT2D eigenvalue weighted by Crippen LogP contribution is -2.31. The number of hydrogen-bond donors (Lipinski definition) is 0. The molecule has 0 radical (unpaired) electrons. The molecule has 0 amide bonds. The fraction of sp³-hybridized carbons (Fsp3) is 0.533. The first-order valence-electron chi connectivity index (χ1n) is 6.93. The highest BCUT2D eigenvalue weighted by atomic mass is 28.4. The van der Waals surface area contributed by atoms with Crippen LogP contribution in [-0.4, -0.2) is 33.7 Å². The van der Waals surface area contributed by atoms with Gasteiger partial charge in [-0.2, -0.15) is 0 Å². The van der Waals surface area contributed by atoms with Gasteiger partial charge in [0.05, 0.1) is 6.54 Å². The largest absolute Gasteiger partial charge is 0.506 e. The van der Waals surface area contributed by atoms with E-state index in [1.807, 2.05) is 12.1 Å². The number of aryl methyl sites for hydroxylation is 2. The van der Waals surface area contributed by atoms with Crippen molar-refractivity contribution in [1.29, 1.82) is 0 Å². The molecule has 0 saturated carbocycles. The van der Waals surface area contributed by atoms with Crippen LogP contribution >= 0.6 is 0 Å². The first kappa shape index (κ1) is 14.9. The number of ether oxygens (including phenoxy) is 2. The highest BCUT2D eigenvalue weighted by molar-refractivity contribution is 6.71. The van der Waals surface area contributed by atoms with E-state index in [9.17, 15) is 0 Å². The molecule has 0 N–H and O–H groups in total. The van der Waals surface area contributed by atoms with Crippen LogP contribution in [0.4, 0.5) is 0 Å². The van der Waals surface area contributed by atoms with Crippen LogP contribution in [0.3, 0.4) is 0 Å². The van der Waals surface area contributed by atoms with Crippen molar-refractivity contribution < 1.29 is 13.9 Å². The maximum absolute atomic E-state index is 5.79. The zero-order valence-electron chi connectivity index (χ0n) is 12.9. The molecule has 1 aromatic carbocycles. The van der Waals surface area contributed by atoms with E-state index in [1.54, 1.807) is 0 Å². The lowest BCUT2D eigenvalue weighted by Gasteiger charge is -2.19. The van der Waals surface area contributed by atoms with E-state index in [1.165, 1.54) is 11.1 Å². The van der Waals surface area contributed by atoms with E-state index in [4.69, 9.17) is 13.9 Å². The van der Waals surface area contributed by atoms with Crippen LogP contribution < -0.4 is 4.74 Å². The van der Waals surface area contributed by atoms with E-state index in [0.717, 1.165) is 5.75 Å². The molecule has 0 bridgehead atoms. The number of benzene rings is 1. The Hall–Kier alpha value is -1.49. The predicted octanol–water partition coefficient (Wildman–Crippen LogP) is 3.29. The zero-order valence-corrected chi connectivity index (χ0v) is 13.9. The van der Waals surface area contributed by atoms with Gasteiger partial charge in [-0.1, -0.05) is 6.07 Å². The Bertz CT molecular complexity index is 488. The summed E-state index contributed by atoms with van der Waals surface area (Å²) in [5.74, 6) is 0.880. The van der Waals surface area contributed by atoms with Gasteiger partial charge in [0.25, 0.3) is 0 Å². The summed E-state index contributed by atoms with van der Waals surface area (Å²) in [5.41, 5.74) is 2.40. The van der Waals surface area contributed by atoms with Gasteiger partial charge in [0.15, 0.2) is 6.10 Å². The second kappa shape index (κ2) is 5.87. The molecule has 4 nitrogen and oxygen atoms in total. The van der Waals surface area contributed by atoms with Crippen molar-refractivity contribution in [2.24, 2.45) is 4.99 Å². The third kappa shape index (κ3) is 4.56. The van der Waals surface area contributed by atoms with Gasteiger partial charge in [0.2, 0.25) is 8.32 Å². The molecule has 1 aliphatic rings. The summed E-state index contributed by atoms with van der Waals surface area (Å²) < 4.78 is 17.2. The van der Waals surface area contributed by atoms with Crippen LogP contribution in [0.5, 0.6) is 5.75 Å². The molecule has 110 valence electrons. The average molecular weight is 293 g/mol. The van der Waals surface area contributed by atoms with Crippen LogP contribution in [0, 0.1) is 13.8 Å². The number of hydrogen-bond acceptors (Lipinski definition) is 4. The molecule has 0 saturated heterocycles. The molecule has 1 atom stereocenters. The van der Waals surface area contributed by atoms with Gasteiger partial charge in [-0.25, -0.2) is 4.99 Å². The van der Waals surface area contributed by atoms with Crippen LogP contribution in [0.25, 0.3) is 0 Å². The van der Waals surface area contributed by atoms with Crippen LogP contribution in [-0.2, 0) is 9.16 Å². The fourth-order valence-corrected chi connectivity index (χ4v) is 2.64. The Morgan fingerprint density at radius 3 is 2.45 bits per heavy atom. The van der Waals surface area contributed by atoms with Crippen molar-refractivity contribution in [2.45, 2.75) is 39.6 Å². The van der Waals surface area contributed by atoms with E-state index in [0.29, 0.717) is 19.2 Å². The molecule has 0 spiro atoms. The van der Waals surface area contributed by atoms with E-state index >= 15 is 0 Å². The molecule has 1 heterocycles. The minimum atomic E-state index is -1.65. The molecule has 0 aromatic heterocycles. The third-order valence-electron chi connectivity index (χ3n) is 2.72. The number of rotatable bonds is 4. The number of aliphatic imine (C=N–C) groups is 1. The Morgan fingerprint density at radius 2 is 1.85 bits per heavy atom. The van der Waals surface area contributed by atoms with E-state index in [2.05, 4.69) is 44.5 Å². The van der Waals surface area contributed by atoms with Crippen LogP contribution in [0.15, 0.2) is 23.2 Å². The fourth-order valence-electron chi connectivity index (χ4n) is 2.00. The summed E-state index contributed by atoms with van der Waals surface area (Å²) in [4.78, 5) is 4.28. The van der Waals surface area contributed by atoms with Gasteiger partial charge < -0.3 is 13.9 Å². The molecule has 1 unspecified atom stereocenters. The average Bonchev–Trinajstić information content (AvgIpc) is 2.70. The quantitative estimate of drug-likeness (QED) is 0.800. The summed E-state index contributed by atoms with van der Waals surface area (Å²) in [7, 11) is -1.65. The molecule has 1 aromatic rings. The van der Waals surface area contributed by atoms with E-state index < -0.39 is 8.32 Å². The van der Waals surface area contributed by atoms with Crippen LogP contribution in [0.1, 0.15) is 11.1 Å². The highest BCUT2D eigenvalue weighted by Gasteiger charge is 2.27. The Kier molecular flexibility index (Phi) is 4.38. The van der Waals surface area contributed by atoms with Crippen molar-refractivity contribution in [3.05, 3.63) is 29.3 Å². The SMILES string of the molecule is Cc1cc(C)cc(OCC2CN=C(O[Si](C)(C)C)O2)c1. The van der Waals surface area contributed by atoms with Gasteiger partial charge in [-0.3, -0.25) is 0 Å². The summed E-state index contributed by atoms with van der Waals surface area (Å²) in [6.45, 7) is 11.5. The second-order valence-electron chi connectivity index (χ2n) is 6.20. The molecular formula is C15H23NO3Si. The lowest BCUT2D eigenvalue weighted by atomic mass is 10.1. The standard InChI is InChI=1S/C15H23NO3Si/c1-11-6-12(2)8-13(7-11)17-10-14-9-16-15(18-14)19-20(3,4)5/h6-8,14H,9-10H2,1-5H3. The van der Waals surface area contributed by atoms with Gasteiger partial charge >= 0.3 is 6.08 Å². The monoisotopic (exact) mass is 293 g/mol. The van der Waals surface area contributed by atoms with Crippen molar-refractivity contribution >= 4 is 14.4 Å². The second-order valence-corrected chi connectivity index (χ2v) is 10.6. The normalized spacial score (nSPS) is 18.4. The maximum atomic E-state index is 5.79. The third-order valence-corrected chi connectivity index (χ3v) is 3.50. The minimum absolute atomic E-state index is 0.0535. The van der Waals surface area contributed by atoms with Crippen molar-refractivity contribution in [1.82, 2.24) is 0 Å². The van der Waals surface area contributed by atoms with Gasteiger partial charge in [-0.15, -0.1) is 0 Å². The molecule has 5 heteroatoms. The molecule has 2 rings (SSSR count). The topological polar surface area (TPSA) is 40.0 Å². The summed E-state index contributed by atoms with van der Waals surface area (Å²) in [5, 5.41) is 0. The summed E-state index contributed by atoms with van der Waals surface area (Å²) >= 11 is 0. The predicted molar refractivity (Wildman–Crippen MR) is 83.0 cm³/mol. The van der Waals surface area contributed by atoms with Gasteiger partial charge in [0.1, 0.15) is 12.4 Å². The molecular weight excluding hydrogens is 270 g/mol. The zero-order chi connectivity index (χ0) is 14.8. The molecule has 0 fully saturated rings. The molecule has 0 aliphatic carbocycles. The van der Waals surface area contributed by atoms with E-state index in [-0.39, 0.29) is 6.10 Å². The minimum Gasteiger partial charge on any atom is -0.506 e. The number of nitrogens with zero attached hydrogens (tertiary/aromatic N) is 1. The Labute approximate surface area is 121 Å². The Balaban J connectivity index is 1.82. The van der Waals surface area contributed by atoms with Crippen LogP contribution in [0.2, 0.25) is 19.6 Å². The Morgan fingerprint density at radius 1 is 1.20 bits per heavy atom. The maximum Gasteiger partial charge on any atom is 0.370 e. The first-order valence-corrected chi connectivity index (χ1v) is 10.3. The first-order chi connectivity index (χ1) is 9.32. The summed E-state index contributed by atoms with van der Waals surface area (Å²) in [6.07, 6.45) is 0.375. The smallest absolute Gasteiger partial charge is 0.370 e.